The Balaban J connectivity index is 1.89. The molecule has 0 bridgehead atoms. The largest absolute Gasteiger partial charge is 0.394 e. The van der Waals surface area contributed by atoms with Crippen LogP contribution in [-0.4, -0.2) is 53.3 Å². The maximum Gasteiger partial charge on any atom is 0.283 e. The molecule has 1 N–H and O–H groups in total. The molecule has 100 valence electrons. The molecule has 1 aromatic heterocycles. The highest BCUT2D eigenvalue weighted by Crippen LogP contribution is 2.23. The van der Waals surface area contributed by atoms with Crippen LogP contribution < -0.4 is 0 Å². The second-order valence-corrected chi connectivity index (χ2v) is 5.43. The fraction of sp³-hybridized carbons (Fsp3) is 0.385. The number of rotatable bonds is 2. The van der Waals surface area contributed by atoms with E-state index in [0.717, 1.165) is 10.2 Å². The number of ether oxygens (including phenoxy) is 1. The van der Waals surface area contributed by atoms with Crippen LogP contribution in [0.15, 0.2) is 24.3 Å². The lowest BCUT2D eigenvalue weighted by Gasteiger charge is -2.33. The molecule has 0 radical (unpaired) electrons. The normalized spacial score (nSPS) is 19.8. The zero-order chi connectivity index (χ0) is 13.2. The lowest BCUT2D eigenvalue weighted by atomic mass is 10.2. The Bertz CT molecular complexity index is 565. The van der Waals surface area contributed by atoms with Crippen molar-refractivity contribution < 1.29 is 14.6 Å². The van der Waals surface area contributed by atoms with Crippen molar-refractivity contribution in [3.63, 3.8) is 0 Å². The van der Waals surface area contributed by atoms with Crippen molar-refractivity contribution >= 4 is 27.5 Å². The molecule has 1 fully saturated rings. The van der Waals surface area contributed by atoms with Crippen molar-refractivity contribution in [3.8, 4) is 0 Å². The van der Waals surface area contributed by atoms with Crippen LogP contribution in [-0.2, 0) is 4.74 Å². The number of benzene rings is 1. The summed E-state index contributed by atoms with van der Waals surface area (Å²) in [4.78, 5) is 18.5. The summed E-state index contributed by atoms with van der Waals surface area (Å²) < 4.78 is 6.28. The van der Waals surface area contributed by atoms with Gasteiger partial charge in [0.25, 0.3) is 5.91 Å². The second kappa shape index (κ2) is 5.24. The molecule has 1 atom stereocenters. The Morgan fingerprint density at radius 2 is 2.37 bits per heavy atom. The minimum absolute atomic E-state index is 0.0867. The highest BCUT2D eigenvalue weighted by molar-refractivity contribution is 7.20. The molecule has 5 nitrogen and oxygen atoms in total. The average Bonchev–Trinajstić information content (AvgIpc) is 2.90. The van der Waals surface area contributed by atoms with Crippen LogP contribution in [0.1, 0.15) is 9.80 Å². The van der Waals surface area contributed by atoms with Crippen LogP contribution in [0, 0.1) is 0 Å². The van der Waals surface area contributed by atoms with Gasteiger partial charge in [0.2, 0.25) is 0 Å². The molecule has 1 aliphatic heterocycles. The number of carbonyl (C=O) groups excluding carboxylic acids is 1. The molecule has 1 amide bonds. The highest BCUT2D eigenvalue weighted by atomic mass is 32.1. The van der Waals surface area contributed by atoms with Crippen LogP contribution in [0.3, 0.4) is 0 Å². The topological polar surface area (TPSA) is 62.7 Å². The SMILES string of the molecule is O=C(c1nc2ccccc2s1)N1CCOC[C@H]1CO. The standard InChI is InChI=1S/C13H14N2O3S/c16-7-9-8-18-6-5-15(9)13(17)12-14-10-3-1-2-4-11(10)19-12/h1-4,9,16H,5-8H2/t9-/m1/s1. The van der Waals surface area contributed by atoms with E-state index in [4.69, 9.17) is 4.74 Å². The quantitative estimate of drug-likeness (QED) is 0.894. The lowest BCUT2D eigenvalue weighted by Crippen LogP contribution is -2.50. The van der Waals surface area contributed by atoms with Gasteiger partial charge in [-0.25, -0.2) is 4.98 Å². The van der Waals surface area contributed by atoms with E-state index in [9.17, 15) is 9.90 Å². The summed E-state index contributed by atoms with van der Waals surface area (Å²) in [5.41, 5.74) is 0.838. The van der Waals surface area contributed by atoms with E-state index in [0.29, 0.717) is 24.8 Å². The van der Waals surface area contributed by atoms with Crippen molar-refractivity contribution in [1.29, 1.82) is 0 Å². The Labute approximate surface area is 114 Å². The van der Waals surface area contributed by atoms with Gasteiger partial charge in [-0.3, -0.25) is 4.79 Å². The van der Waals surface area contributed by atoms with E-state index in [2.05, 4.69) is 4.98 Å². The Morgan fingerprint density at radius 3 is 3.16 bits per heavy atom. The number of aromatic nitrogens is 1. The number of fused-ring (bicyclic) bond motifs is 1. The molecule has 0 spiro atoms. The molecule has 2 aromatic rings. The molecular weight excluding hydrogens is 264 g/mol. The fourth-order valence-corrected chi connectivity index (χ4v) is 3.08. The van der Waals surface area contributed by atoms with Crippen molar-refractivity contribution in [3.05, 3.63) is 29.3 Å². The summed E-state index contributed by atoms with van der Waals surface area (Å²) in [5, 5.41) is 9.78. The smallest absolute Gasteiger partial charge is 0.283 e. The molecule has 1 saturated heterocycles. The van der Waals surface area contributed by atoms with Crippen LogP contribution in [0.5, 0.6) is 0 Å². The van der Waals surface area contributed by atoms with Gasteiger partial charge in [0.1, 0.15) is 0 Å². The number of aliphatic hydroxyl groups is 1. The number of aliphatic hydroxyl groups excluding tert-OH is 1. The molecule has 1 aromatic carbocycles. The number of para-hydroxylation sites is 1. The van der Waals surface area contributed by atoms with E-state index < -0.39 is 0 Å². The first-order chi connectivity index (χ1) is 9.29. The molecule has 6 heteroatoms. The van der Waals surface area contributed by atoms with Crippen LogP contribution in [0.2, 0.25) is 0 Å². The third kappa shape index (κ3) is 2.34. The summed E-state index contributed by atoms with van der Waals surface area (Å²) in [6.07, 6.45) is 0. The van der Waals surface area contributed by atoms with Crippen LogP contribution in [0.25, 0.3) is 10.2 Å². The first-order valence-electron chi connectivity index (χ1n) is 6.15. The summed E-state index contributed by atoms with van der Waals surface area (Å²) in [5.74, 6) is -0.122. The zero-order valence-electron chi connectivity index (χ0n) is 10.3. The molecular formula is C13H14N2O3S. The maximum absolute atomic E-state index is 12.4. The molecule has 0 saturated carbocycles. The monoisotopic (exact) mass is 278 g/mol. The minimum Gasteiger partial charge on any atom is -0.394 e. The highest BCUT2D eigenvalue weighted by Gasteiger charge is 2.29. The molecule has 19 heavy (non-hydrogen) atoms. The molecule has 1 aliphatic rings. The summed E-state index contributed by atoms with van der Waals surface area (Å²) in [6, 6.07) is 7.41. The number of carbonyl (C=O) groups is 1. The minimum atomic E-state index is -0.270. The zero-order valence-corrected chi connectivity index (χ0v) is 11.1. The average molecular weight is 278 g/mol. The maximum atomic E-state index is 12.4. The van der Waals surface area contributed by atoms with E-state index in [1.807, 2.05) is 24.3 Å². The molecule has 2 heterocycles. The number of nitrogens with zero attached hydrogens (tertiary/aromatic N) is 2. The molecule has 0 aliphatic carbocycles. The van der Waals surface area contributed by atoms with Gasteiger partial charge in [0.15, 0.2) is 5.01 Å². The van der Waals surface area contributed by atoms with Crippen molar-refractivity contribution in [1.82, 2.24) is 9.88 Å². The van der Waals surface area contributed by atoms with E-state index in [-0.39, 0.29) is 18.6 Å². The van der Waals surface area contributed by atoms with Gasteiger partial charge in [-0.2, -0.15) is 0 Å². The van der Waals surface area contributed by atoms with Crippen molar-refractivity contribution in [2.45, 2.75) is 6.04 Å². The Morgan fingerprint density at radius 1 is 1.53 bits per heavy atom. The number of morpholine rings is 1. The van der Waals surface area contributed by atoms with E-state index in [1.54, 1.807) is 4.90 Å². The first-order valence-corrected chi connectivity index (χ1v) is 6.96. The van der Waals surface area contributed by atoms with Gasteiger partial charge in [0.05, 0.1) is 36.1 Å². The summed E-state index contributed by atoms with van der Waals surface area (Å²) in [6.45, 7) is 1.30. The Kier molecular flexibility index (Phi) is 3.46. The Hall–Kier alpha value is -1.50. The van der Waals surface area contributed by atoms with Gasteiger partial charge in [-0.15, -0.1) is 11.3 Å². The van der Waals surface area contributed by atoms with Crippen molar-refractivity contribution in [2.24, 2.45) is 0 Å². The van der Waals surface area contributed by atoms with E-state index in [1.165, 1.54) is 11.3 Å². The number of hydrogen-bond acceptors (Lipinski definition) is 5. The summed E-state index contributed by atoms with van der Waals surface area (Å²) >= 11 is 1.39. The van der Waals surface area contributed by atoms with Crippen LogP contribution in [0.4, 0.5) is 0 Å². The second-order valence-electron chi connectivity index (χ2n) is 4.40. The van der Waals surface area contributed by atoms with Gasteiger partial charge in [0, 0.05) is 6.54 Å². The number of thiazole rings is 1. The third-order valence-electron chi connectivity index (χ3n) is 3.18. The predicted molar refractivity (Wildman–Crippen MR) is 72.3 cm³/mol. The first kappa shape index (κ1) is 12.5. The van der Waals surface area contributed by atoms with Gasteiger partial charge in [-0.1, -0.05) is 12.1 Å². The van der Waals surface area contributed by atoms with Crippen molar-refractivity contribution in [2.75, 3.05) is 26.4 Å². The lowest BCUT2D eigenvalue weighted by molar-refractivity contribution is -0.0183. The van der Waals surface area contributed by atoms with Gasteiger partial charge in [-0.05, 0) is 12.1 Å². The summed E-state index contributed by atoms with van der Waals surface area (Å²) in [7, 11) is 0. The number of amides is 1. The number of hydrogen-bond donors (Lipinski definition) is 1. The van der Waals surface area contributed by atoms with Gasteiger partial charge >= 0.3 is 0 Å². The predicted octanol–water partition coefficient (Wildman–Crippen LogP) is 1.13. The fourth-order valence-electron chi connectivity index (χ4n) is 2.16. The van der Waals surface area contributed by atoms with Crippen LogP contribution >= 0.6 is 11.3 Å². The van der Waals surface area contributed by atoms with Gasteiger partial charge < -0.3 is 14.7 Å². The third-order valence-corrected chi connectivity index (χ3v) is 4.20. The molecule has 3 rings (SSSR count). The van der Waals surface area contributed by atoms with E-state index >= 15 is 0 Å². The molecule has 0 unspecified atom stereocenters.